The molecule has 7 heteroatoms. The SMILES string of the molecule is N=C(N)c1ccc(C(=O)N(c2ccccc2)[C@@H](COc2ccccc2)C(=O)Nc2ccccc2)cc1. The van der Waals surface area contributed by atoms with Crippen molar-refractivity contribution in [1.82, 2.24) is 0 Å². The molecular formula is C29H26N4O3. The van der Waals surface area contributed by atoms with Crippen LogP contribution in [0.15, 0.2) is 115 Å². The summed E-state index contributed by atoms with van der Waals surface area (Å²) in [4.78, 5) is 28.9. The van der Waals surface area contributed by atoms with E-state index in [1.807, 2.05) is 42.5 Å². The Morgan fingerprint density at radius 1 is 0.778 bits per heavy atom. The molecule has 0 aliphatic rings. The number of hydrogen-bond acceptors (Lipinski definition) is 4. The highest BCUT2D eigenvalue weighted by atomic mass is 16.5. The maximum Gasteiger partial charge on any atom is 0.259 e. The van der Waals surface area contributed by atoms with Crippen molar-refractivity contribution in [2.45, 2.75) is 6.04 Å². The van der Waals surface area contributed by atoms with E-state index in [9.17, 15) is 9.59 Å². The van der Waals surface area contributed by atoms with E-state index >= 15 is 0 Å². The first kappa shape index (κ1) is 24.2. The largest absolute Gasteiger partial charge is 0.491 e. The van der Waals surface area contributed by atoms with Crippen LogP contribution in [0.1, 0.15) is 15.9 Å². The van der Waals surface area contributed by atoms with Gasteiger partial charge in [0.15, 0.2) is 0 Å². The van der Waals surface area contributed by atoms with Crippen LogP contribution in [0.25, 0.3) is 0 Å². The molecule has 0 bridgehead atoms. The summed E-state index contributed by atoms with van der Waals surface area (Å²) in [5.41, 5.74) is 7.57. The van der Waals surface area contributed by atoms with Crippen LogP contribution in [0, 0.1) is 5.41 Å². The van der Waals surface area contributed by atoms with Crippen molar-refractivity contribution in [2.24, 2.45) is 5.73 Å². The van der Waals surface area contributed by atoms with Crippen molar-refractivity contribution < 1.29 is 14.3 Å². The Bertz CT molecular complexity index is 1310. The highest BCUT2D eigenvalue weighted by molar-refractivity contribution is 6.12. The number of nitrogen functional groups attached to an aromatic ring is 1. The molecule has 1 atom stereocenters. The monoisotopic (exact) mass is 478 g/mol. The molecule has 180 valence electrons. The van der Waals surface area contributed by atoms with Gasteiger partial charge < -0.3 is 15.8 Å². The molecular weight excluding hydrogens is 452 g/mol. The van der Waals surface area contributed by atoms with Gasteiger partial charge in [0, 0.05) is 22.5 Å². The number of nitrogens with zero attached hydrogens (tertiary/aromatic N) is 1. The Labute approximate surface area is 209 Å². The molecule has 0 saturated carbocycles. The van der Waals surface area contributed by atoms with Gasteiger partial charge in [-0.25, -0.2) is 0 Å². The number of anilines is 2. The molecule has 0 aliphatic heterocycles. The lowest BCUT2D eigenvalue weighted by molar-refractivity contribution is -0.118. The Balaban J connectivity index is 1.72. The first-order chi connectivity index (χ1) is 17.5. The molecule has 4 rings (SSSR count). The fourth-order valence-electron chi connectivity index (χ4n) is 3.67. The normalized spacial score (nSPS) is 11.2. The maximum atomic E-state index is 13.8. The zero-order chi connectivity index (χ0) is 25.3. The second-order valence-electron chi connectivity index (χ2n) is 8.00. The van der Waals surface area contributed by atoms with Gasteiger partial charge in [-0.2, -0.15) is 0 Å². The molecule has 0 heterocycles. The molecule has 0 fully saturated rings. The molecule has 4 aromatic carbocycles. The van der Waals surface area contributed by atoms with E-state index in [1.54, 1.807) is 72.8 Å². The lowest BCUT2D eigenvalue weighted by Crippen LogP contribution is -2.51. The van der Waals surface area contributed by atoms with E-state index in [1.165, 1.54) is 4.90 Å². The topological polar surface area (TPSA) is 109 Å². The first-order valence-electron chi connectivity index (χ1n) is 11.4. The number of hydrogen-bond donors (Lipinski definition) is 3. The van der Waals surface area contributed by atoms with E-state index in [2.05, 4.69) is 5.32 Å². The molecule has 2 amide bonds. The molecule has 0 unspecified atom stereocenters. The Kier molecular flexibility index (Phi) is 7.73. The molecule has 0 radical (unpaired) electrons. The number of nitrogens with one attached hydrogen (secondary N) is 2. The minimum Gasteiger partial charge on any atom is -0.491 e. The Hall–Kier alpha value is -4.91. The number of carbonyl (C=O) groups is 2. The van der Waals surface area contributed by atoms with Crippen LogP contribution in [0.4, 0.5) is 11.4 Å². The number of nitrogens with two attached hydrogens (primary N) is 1. The van der Waals surface area contributed by atoms with Gasteiger partial charge in [0.1, 0.15) is 24.2 Å². The second-order valence-corrected chi connectivity index (χ2v) is 8.00. The number of amidine groups is 1. The second kappa shape index (κ2) is 11.5. The molecule has 0 spiro atoms. The summed E-state index contributed by atoms with van der Waals surface area (Å²) < 4.78 is 5.97. The zero-order valence-corrected chi connectivity index (χ0v) is 19.5. The maximum absolute atomic E-state index is 13.8. The predicted molar refractivity (Wildman–Crippen MR) is 142 cm³/mol. The van der Waals surface area contributed by atoms with Crippen LogP contribution in [0.5, 0.6) is 5.75 Å². The van der Waals surface area contributed by atoms with Gasteiger partial charge in [-0.3, -0.25) is 19.9 Å². The summed E-state index contributed by atoms with van der Waals surface area (Å²) >= 11 is 0. The van der Waals surface area contributed by atoms with Crippen molar-refractivity contribution in [3.8, 4) is 5.75 Å². The average Bonchev–Trinajstić information content (AvgIpc) is 2.92. The van der Waals surface area contributed by atoms with Gasteiger partial charge in [0.2, 0.25) is 0 Å². The van der Waals surface area contributed by atoms with Crippen molar-refractivity contribution in [3.05, 3.63) is 126 Å². The van der Waals surface area contributed by atoms with Gasteiger partial charge in [-0.05, 0) is 48.5 Å². The predicted octanol–water partition coefficient (Wildman–Crippen LogP) is 4.70. The standard InChI is InChI=1S/C29H26N4O3/c30-27(31)21-16-18-22(19-17-21)29(35)33(24-12-6-2-7-13-24)26(20-36-25-14-8-3-9-15-25)28(34)32-23-10-4-1-5-11-23/h1-19,26H,20H2,(H3,30,31)(H,32,34)/t26-/m0/s1. The summed E-state index contributed by atoms with van der Waals surface area (Å²) in [7, 11) is 0. The summed E-state index contributed by atoms with van der Waals surface area (Å²) in [6.07, 6.45) is 0. The highest BCUT2D eigenvalue weighted by Gasteiger charge is 2.33. The summed E-state index contributed by atoms with van der Waals surface area (Å²) in [6.45, 7) is -0.0746. The number of para-hydroxylation sites is 3. The van der Waals surface area contributed by atoms with E-state index in [0.717, 1.165) is 0 Å². The quantitative estimate of drug-likeness (QED) is 0.239. The highest BCUT2D eigenvalue weighted by Crippen LogP contribution is 2.23. The van der Waals surface area contributed by atoms with Crippen molar-refractivity contribution in [2.75, 3.05) is 16.8 Å². The lowest BCUT2D eigenvalue weighted by atomic mass is 10.1. The van der Waals surface area contributed by atoms with E-state index < -0.39 is 11.9 Å². The molecule has 0 saturated heterocycles. The summed E-state index contributed by atoms with van der Waals surface area (Å²) in [5, 5.41) is 10.5. The van der Waals surface area contributed by atoms with Gasteiger partial charge >= 0.3 is 0 Å². The number of amides is 2. The summed E-state index contributed by atoms with van der Waals surface area (Å²) in [5.74, 6) is -0.289. The van der Waals surface area contributed by atoms with E-state index in [0.29, 0.717) is 28.3 Å². The molecule has 0 aromatic heterocycles. The number of carbonyl (C=O) groups excluding carboxylic acids is 2. The third-order valence-electron chi connectivity index (χ3n) is 5.50. The minimum absolute atomic E-state index is 0.0746. The van der Waals surface area contributed by atoms with Gasteiger partial charge in [0.25, 0.3) is 11.8 Å². The van der Waals surface area contributed by atoms with Crippen LogP contribution in [0.2, 0.25) is 0 Å². The number of benzene rings is 4. The van der Waals surface area contributed by atoms with Crippen LogP contribution >= 0.6 is 0 Å². The van der Waals surface area contributed by atoms with Crippen LogP contribution in [-0.2, 0) is 4.79 Å². The average molecular weight is 479 g/mol. The minimum atomic E-state index is -0.993. The van der Waals surface area contributed by atoms with Crippen LogP contribution in [0.3, 0.4) is 0 Å². The molecule has 0 aliphatic carbocycles. The van der Waals surface area contributed by atoms with Crippen molar-refractivity contribution in [1.29, 1.82) is 5.41 Å². The fourth-order valence-corrected chi connectivity index (χ4v) is 3.67. The first-order valence-corrected chi connectivity index (χ1v) is 11.4. The molecule has 4 aromatic rings. The zero-order valence-electron chi connectivity index (χ0n) is 19.5. The van der Waals surface area contributed by atoms with Gasteiger partial charge in [0.05, 0.1) is 0 Å². The molecule has 7 nitrogen and oxygen atoms in total. The fraction of sp³-hybridized carbons (Fsp3) is 0.0690. The van der Waals surface area contributed by atoms with Crippen molar-refractivity contribution >= 4 is 29.0 Å². The molecule has 4 N–H and O–H groups in total. The number of ether oxygens (including phenoxy) is 1. The summed E-state index contributed by atoms with van der Waals surface area (Å²) in [6, 6.07) is 32.6. The van der Waals surface area contributed by atoms with Gasteiger partial charge in [-0.15, -0.1) is 0 Å². The molecule has 36 heavy (non-hydrogen) atoms. The van der Waals surface area contributed by atoms with E-state index in [-0.39, 0.29) is 18.3 Å². The third-order valence-corrected chi connectivity index (χ3v) is 5.50. The van der Waals surface area contributed by atoms with Gasteiger partial charge in [-0.1, -0.05) is 66.7 Å². The Morgan fingerprint density at radius 2 is 1.31 bits per heavy atom. The Morgan fingerprint density at radius 3 is 1.89 bits per heavy atom. The van der Waals surface area contributed by atoms with Crippen molar-refractivity contribution in [3.63, 3.8) is 0 Å². The smallest absolute Gasteiger partial charge is 0.259 e. The van der Waals surface area contributed by atoms with E-state index in [4.69, 9.17) is 15.9 Å². The lowest BCUT2D eigenvalue weighted by Gasteiger charge is -2.31. The third kappa shape index (κ3) is 5.95. The number of rotatable bonds is 9. The van der Waals surface area contributed by atoms with Crippen LogP contribution < -0.4 is 20.7 Å². The van der Waals surface area contributed by atoms with Crippen LogP contribution in [-0.4, -0.2) is 30.3 Å².